The van der Waals surface area contributed by atoms with Crippen molar-refractivity contribution in [2.75, 3.05) is 25.0 Å². The molecular weight excluding hydrogens is 385 g/mol. The molecule has 154 valence electrons. The van der Waals surface area contributed by atoms with Crippen LogP contribution in [-0.4, -0.2) is 41.3 Å². The Hall–Kier alpha value is -2.94. The van der Waals surface area contributed by atoms with Gasteiger partial charge in [-0.15, -0.1) is 0 Å². The van der Waals surface area contributed by atoms with Gasteiger partial charge in [0.25, 0.3) is 0 Å². The molecule has 2 heterocycles. The van der Waals surface area contributed by atoms with Crippen molar-refractivity contribution < 1.29 is 22.8 Å². The second-order valence-electron chi connectivity index (χ2n) is 7.10. The van der Waals surface area contributed by atoms with Crippen molar-refractivity contribution in [3.05, 3.63) is 59.9 Å². The Kier molecular flexibility index (Phi) is 5.88. The quantitative estimate of drug-likeness (QED) is 0.799. The number of alkyl halides is 3. The Bertz CT molecular complexity index is 889. The molecule has 9 heteroatoms. The van der Waals surface area contributed by atoms with E-state index in [4.69, 9.17) is 5.73 Å². The lowest BCUT2D eigenvalue weighted by atomic mass is 9.76. The molecule has 1 unspecified atom stereocenters. The fourth-order valence-electron chi connectivity index (χ4n) is 3.64. The highest BCUT2D eigenvalue weighted by Crippen LogP contribution is 2.33. The maximum atomic E-state index is 12.8. The van der Waals surface area contributed by atoms with E-state index in [9.17, 15) is 22.8 Å². The molecule has 6 nitrogen and oxygen atoms in total. The van der Waals surface area contributed by atoms with Crippen LogP contribution in [0, 0.1) is 0 Å². The van der Waals surface area contributed by atoms with Gasteiger partial charge in [-0.2, -0.15) is 13.2 Å². The number of aromatic nitrogens is 1. The van der Waals surface area contributed by atoms with E-state index in [0.29, 0.717) is 25.1 Å². The van der Waals surface area contributed by atoms with E-state index in [1.165, 1.54) is 12.1 Å². The minimum atomic E-state index is -4.49. The lowest BCUT2D eigenvalue weighted by molar-refractivity contribution is -0.137. The molecule has 1 aromatic heterocycles. The molecule has 0 radical (unpaired) electrons. The predicted octanol–water partition coefficient (Wildman–Crippen LogP) is 2.56. The summed E-state index contributed by atoms with van der Waals surface area (Å²) < 4.78 is 38.5. The number of nitrogens with one attached hydrogen (secondary N) is 1. The summed E-state index contributed by atoms with van der Waals surface area (Å²) in [4.78, 5) is 30.7. The van der Waals surface area contributed by atoms with Gasteiger partial charge in [0.05, 0.1) is 17.8 Å². The van der Waals surface area contributed by atoms with E-state index in [0.717, 1.165) is 12.1 Å². The fraction of sp³-hybridized carbons (Fsp3) is 0.350. The van der Waals surface area contributed by atoms with Gasteiger partial charge in [-0.1, -0.05) is 12.1 Å². The van der Waals surface area contributed by atoms with E-state index in [1.54, 1.807) is 29.3 Å². The first-order chi connectivity index (χ1) is 13.7. The van der Waals surface area contributed by atoms with Gasteiger partial charge in [0, 0.05) is 18.4 Å². The van der Waals surface area contributed by atoms with Crippen molar-refractivity contribution in [2.24, 2.45) is 5.73 Å². The van der Waals surface area contributed by atoms with Gasteiger partial charge in [0.1, 0.15) is 5.41 Å². The van der Waals surface area contributed by atoms with Crippen molar-refractivity contribution in [3.63, 3.8) is 0 Å². The molecule has 1 aliphatic heterocycles. The monoisotopic (exact) mass is 406 g/mol. The number of pyridine rings is 1. The second kappa shape index (κ2) is 8.20. The minimum Gasteiger partial charge on any atom is -0.369 e. The van der Waals surface area contributed by atoms with Crippen molar-refractivity contribution in [1.29, 1.82) is 0 Å². The molecule has 0 saturated carbocycles. The van der Waals surface area contributed by atoms with Crippen LogP contribution in [-0.2, 0) is 21.2 Å². The molecule has 2 amide bonds. The molecule has 29 heavy (non-hydrogen) atoms. The number of hydrogen-bond donors (Lipinski definition) is 2. The highest BCUT2D eigenvalue weighted by atomic mass is 19.4. The van der Waals surface area contributed by atoms with Gasteiger partial charge < -0.3 is 11.1 Å². The van der Waals surface area contributed by atoms with E-state index in [-0.39, 0.29) is 18.8 Å². The molecule has 1 fully saturated rings. The van der Waals surface area contributed by atoms with Gasteiger partial charge in [0.2, 0.25) is 11.8 Å². The number of nitrogens with two attached hydrogens (primary N) is 1. The lowest BCUT2D eigenvalue weighted by Gasteiger charge is -2.40. The highest BCUT2D eigenvalue weighted by Gasteiger charge is 2.43. The molecule has 0 bridgehead atoms. The summed E-state index contributed by atoms with van der Waals surface area (Å²) >= 11 is 0. The first kappa shape index (κ1) is 20.8. The normalized spacial score (nSPS) is 20.2. The summed E-state index contributed by atoms with van der Waals surface area (Å²) in [6.45, 7) is 0.714. The minimum absolute atomic E-state index is 0.0627. The largest absolute Gasteiger partial charge is 0.416 e. The Morgan fingerprint density at radius 2 is 2.00 bits per heavy atom. The third-order valence-corrected chi connectivity index (χ3v) is 5.04. The first-order valence-corrected chi connectivity index (χ1v) is 9.12. The van der Waals surface area contributed by atoms with Crippen molar-refractivity contribution in [2.45, 2.75) is 24.4 Å². The van der Waals surface area contributed by atoms with Crippen molar-refractivity contribution in [3.8, 4) is 0 Å². The number of rotatable bonds is 5. The third kappa shape index (κ3) is 4.73. The van der Waals surface area contributed by atoms with Gasteiger partial charge in [-0.25, -0.2) is 0 Å². The number of nitrogens with zero attached hydrogens (tertiary/aromatic N) is 2. The summed E-state index contributed by atoms with van der Waals surface area (Å²) in [5.74, 6) is -0.982. The van der Waals surface area contributed by atoms with Crippen LogP contribution in [0.4, 0.5) is 18.9 Å². The third-order valence-electron chi connectivity index (χ3n) is 5.04. The van der Waals surface area contributed by atoms with Gasteiger partial charge in [-0.3, -0.25) is 19.5 Å². The number of piperidine rings is 1. The zero-order valence-electron chi connectivity index (χ0n) is 15.6. The van der Waals surface area contributed by atoms with Crippen LogP contribution in [0.3, 0.4) is 0 Å². The summed E-state index contributed by atoms with van der Waals surface area (Å²) in [6.07, 6.45) is -1.75. The molecule has 1 atom stereocenters. The van der Waals surface area contributed by atoms with Gasteiger partial charge in [-0.05, 0) is 49.7 Å². The number of hydrogen-bond acceptors (Lipinski definition) is 4. The van der Waals surface area contributed by atoms with E-state index < -0.39 is 29.0 Å². The molecular formula is C20H21F3N4O2. The lowest BCUT2D eigenvalue weighted by Crippen LogP contribution is -2.55. The maximum absolute atomic E-state index is 12.8. The second-order valence-corrected chi connectivity index (χ2v) is 7.10. The number of carbonyl (C=O) groups excluding carboxylic acids is 2. The smallest absolute Gasteiger partial charge is 0.369 e. The number of amides is 2. The summed E-state index contributed by atoms with van der Waals surface area (Å²) in [5, 5.41) is 2.49. The Balaban J connectivity index is 1.70. The highest BCUT2D eigenvalue weighted by molar-refractivity contribution is 5.92. The Morgan fingerprint density at radius 1 is 1.21 bits per heavy atom. The molecule has 3 rings (SSSR count). The van der Waals surface area contributed by atoms with Crippen molar-refractivity contribution in [1.82, 2.24) is 9.88 Å². The van der Waals surface area contributed by atoms with Crippen LogP contribution in [0.5, 0.6) is 0 Å². The van der Waals surface area contributed by atoms with Crippen LogP contribution in [0.25, 0.3) is 0 Å². The summed E-state index contributed by atoms with van der Waals surface area (Å²) in [5.41, 5.74) is 4.47. The van der Waals surface area contributed by atoms with Gasteiger partial charge >= 0.3 is 6.18 Å². The van der Waals surface area contributed by atoms with E-state index >= 15 is 0 Å². The number of primary amides is 1. The van der Waals surface area contributed by atoms with E-state index in [1.807, 2.05) is 0 Å². The van der Waals surface area contributed by atoms with Crippen LogP contribution >= 0.6 is 0 Å². The topological polar surface area (TPSA) is 88.3 Å². The van der Waals surface area contributed by atoms with Crippen LogP contribution in [0.1, 0.15) is 24.1 Å². The van der Waals surface area contributed by atoms with Crippen molar-refractivity contribution >= 4 is 17.5 Å². The molecule has 1 aromatic carbocycles. The first-order valence-electron chi connectivity index (χ1n) is 9.12. The summed E-state index contributed by atoms with van der Waals surface area (Å²) in [6, 6.07) is 9.69. The Labute approximate surface area is 165 Å². The number of carbonyl (C=O) groups is 2. The van der Waals surface area contributed by atoms with Crippen LogP contribution in [0.15, 0.2) is 48.7 Å². The average molecular weight is 406 g/mol. The zero-order chi connectivity index (χ0) is 21.1. The maximum Gasteiger partial charge on any atom is 0.416 e. The predicted molar refractivity (Wildman–Crippen MR) is 101 cm³/mol. The Morgan fingerprint density at radius 3 is 2.66 bits per heavy atom. The zero-order valence-corrected chi connectivity index (χ0v) is 15.6. The van der Waals surface area contributed by atoms with E-state index in [2.05, 4.69) is 10.3 Å². The molecule has 3 N–H and O–H groups in total. The van der Waals surface area contributed by atoms with Gasteiger partial charge in [0.15, 0.2) is 0 Å². The fourth-order valence-corrected chi connectivity index (χ4v) is 3.64. The van der Waals surface area contributed by atoms with Crippen LogP contribution < -0.4 is 11.1 Å². The number of halogens is 3. The number of likely N-dealkylation sites (tertiary alicyclic amines) is 1. The number of benzene rings is 1. The van der Waals surface area contributed by atoms with Crippen LogP contribution in [0.2, 0.25) is 0 Å². The SMILES string of the molecule is NC(=O)C1(c2ccccn2)CCCN(CC(=O)Nc2cccc(C(F)(F)F)c2)C1. The molecule has 2 aromatic rings. The molecule has 0 spiro atoms. The standard InChI is InChI=1S/C20H21F3N4O2/c21-20(22,23)14-5-3-6-15(11-14)26-17(28)12-27-10-4-8-19(13-27,18(24)29)16-7-1-2-9-25-16/h1-3,5-7,9,11H,4,8,10,12-13H2,(H2,24,29)(H,26,28). The molecule has 1 aliphatic rings. The molecule has 0 aliphatic carbocycles. The number of anilines is 1. The average Bonchev–Trinajstić information content (AvgIpc) is 2.68. The summed E-state index contributed by atoms with van der Waals surface area (Å²) in [7, 11) is 0. The molecule has 1 saturated heterocycles.